The molecular formula is C16H21NO5. The number of benzene rings is 1. The predicted octanol–water partition coefficient (Wildman–Crippen LogP) is 1.93. The molecule has 0 aliphatic carbocycles. The lowest BCUT2D eigenvalue weighted by Crippen LogP contribution is -2.34. The summed E-state index contributed by atoms with van der Waals surface area (Å²) in [7, 11) is 0. The molecule has 0 bridgehead atoms. The minimum atomic E-state index is -0.899. The van der Waals surface area contributed by atoms with Crippen LogP contribution in [0.1, 0.15) is 30.6 Å². The van der Waals surface area contributed by atoms with E-state index < -0.39 is 11.9 Å². The molecule has 1 unspecified atom stereocenters. The highest BCUT2D eigenvalue weighted by Gasteiger charge is 2.23. The van der Waals surface area contributed by atoms with Gasteiger partial charge >= 0.3 is 5.97 Å². The molecule has 0 spiro atoms. The van der Waals surface area contributed by atoms with E-state index in [4.69, 9.17) is 9.47 Å². The van der Waals surface area contributed by atoms with Crippen LogP contribution < -0.4 is 14.8 Å². The Morgan fingerprint density at radius 1 is 1.27 bits per heavy atom. The number of carboxylic acid groups (broad SMARTS) is 1. The molecule has 2 rings (SSSR count). The van der Waals surface area contributed by atoms with Gasteiger partial charge in [-0.15, -0.1) is 0 Å². The molecule has 1 aliphatic heterocycles. The third-order valence-electron chi connectivity index (χ3n) is 3.43. The van der Waals surface area contributed by atoms with Gasteiger partial charge in [0, 0.05) is 6.54 Å². The first kappa shape index (κ1) is 16.1. The number of hydrogen-bond donors (Lipinski definition) is 2. The maximum atomic E-state index is 12.3. The number of para-hydroxylation sites is 1. The van der Waals surface area contributed by atoms with Crippen LogP contribution in [0.5, 0.6) is 11.5 Å². The van der Waals surface area contributed by atoms with Crippen molar-refractivity contribution in [3.8, 4) is 11.5 Å². The van der Waals surface area contributed by atoms with Crippen LogP contribution in [0.4, 0.5) is 0 Å². The van der Waals surface area contributed by atoms with Gasteiger partial charge in [0.05, 0.1) is 11.5 Å². The summed E-state index contributed by atoms with van der Waals surface area (Å²) in [5.41, 5.74) is 0.367. The van der Waals surface area contributed by atoms with E-state index in [9.17, 15) is 14.7 Å². The third-order valence-corrected chi connectivity index (χ3v) is 3.43. The van der Waals surface area contributed by atoms with Crippen LogP contribution in [0.3, 0.4) is 0 Å². The van der Waals surface area contributed by atoms with E-state index in [2.05, 4.69) is 5.32 Å². The monoisotopic (exact) mass is 307 g/mol. The Labute approximate surface area is 129 Å². The maximum absolute atomic E-state index is 12.3. The molecule has 0 aromatic heterocycles. The highest BCUT2D eigenvalue weighted by atomic mass is 16.6. The number of carbonyl (C=O) groups is 2. The molecule has 1 atom stereocenters. The number of aliphatic carboxylic acids is 1. The van der Waals surface area contributed by atoms with Crippen molar-refractivity contribution in [2.45, 2.75) is 20.3 Å². The number of carbonyl (C=O) groups excluding carboxylic acids is 1. The number of amides is 1. The Bertz CT molecular complexity index is 555. The van der Waals surface area contributed by atoms with E-state index in [0.29, 0.717) is 36.7 Å². The van der Waals surface area contributed by atoms with Crippen molar-refractivity contribution in [3.63, 3.8) is 0 Å². The molecule has 6 heteroatoms. The first-order chi connectivity index (χ1) is 10.5. The van der Waals surface area contributed by atoms with E-state index in [0.717, 1.165) is 0 Å². The molecule has 0 radical (unpaired) electrons. The van der Waals surface area contributed by atoms with Crippen molar-refractivity contribution in [1.29, 1.82) is 0 Å². The SMILES string of the molecule is CC(C)CC(CNC(=O)c1cccc2c1OCCO2)C(=O)O. The summed E-state index contributed by atoms with van der Waals surface area (Å²) in [4.78, 5) is 23.5. The molecule has 0 fully saturated rings. The molecular weight excluding hydrogens is 286 g/mol. The van der Waals surface area contributed by atoms with Gasteiger partial charge in [-0.1, -0.05) is 19.9 Å². The van der Waals surface area contributed by atoms with Gasteiger partial charge in [-0.3, -0.25) is 9.59 Å². The number of nitrogens with one attached hydrogen (secondary N) is 1. The van der Waals surface area contributed by atoms with Crippen LogP contribution in [0.15, 0.2) is 18.2 Å². The molecule has 2 N–H and O–H groups in total. The van der Waals surface area contributed by atoms with Crippen LogP contribution in [-0.4, -0.2) is 36.7 Å². The lowest BCUT2D eigenvalue weighted by molar-refractivity contribution is -0.142. The molecule has 1 heterocycles. The average molecular weight is 307 g/mol. The zero-order chi connectivity index (χ0) is 16.1. The van der Waals surface area contributed by atoms with Crippen molar-refractivity contribution in [2.24, 2.45) is 11.8 Å². The second-order valence-electron chi connectivity index (χ2n) is 5.70. The van der Waals surface area contributed by atoms with Gasteiger partial charge in [0.25, 0.3) is 5.91 Å². The molecule has 6 nitrogen and oxygen atoms in total. The van der Waals surface area contributed by atoms with Crippen molar-refractivity contribution >= 4 is 11.9 Å². The Balaban J connectivity index is 2.04. The van der Waals surface area contributed by atoms with Crippen molar-refractivity contribution in [3.05, 3.63) is 23.8 Å². The first-order valence-corrected chi connectivity index (χ1v) is 7.38. The molecule has 120 valence electrons. The van der Waals surface area contributed by atoms with E-state index in [1.165, 1.54) is 0 Å². The highest BCUT2D eigenvalue weighted by Crippen LogP contribution is 2.33. The van der Waals surface area contributed by atoms with Crippen molar-refractivity contribution in [2.75, 3.05) is 19.8 Å². The fraction of sp³-hybridized carbons (Fsp3) is 0.500. The first-order valence-electron chi connectivity index (χ1n) is 7.38. The van der Waals surface area contributed by atoms with Gasteiger partial charge in [-0.05, 0) is 24.5 Å². The molecule has 1 aromatic carbocycles. The fourth-order valence-electron chi connectivity index (χ4n) is 2.40. The Morgan fingerprint density at radius 2 is 2.00 bits per heavy atom. The van der Waals surface area contributed by atoms with E-state index in [-0.39, 0.29) is 18.4 Å². The Hall–Kier alpha value is -2.24. The predicted molar refractivity (Wildman–Crippen MR) is 80.3 cm³/mol. The van der Waals surface area contributed by atoms with E-state index >= 15 is 0 Å². The standard InChI is InChI=1S/C16H21NO5/c1-10(2)8-11(16(19)20)9-17-15(18)12-4-3-5-13-14(12)22-7-6-21-13/h3-5,10-11H,6-9H2,1-2H3,(H,17,18)(H,19,20). The number of ether oxygens (including phenoxy) is 2. The quantitative estimate of drug-likeness (QED) is 0.839. The summed E-state index contributed by atoms with van der Waals surface area (Å²) in [5.74, 6) is -0.640. The van der Waals surface area contributed by atoms with Gasteiger partial charge in [-0.2, -0.15) is 0 Å². The number of hydrogen-bond acceptors (Lipinski definition) is 4. The van der Waals surface area contributed by atoms with Crippen LogP contribution in [-0.2, 0) is 4.79 Å². The lowest BCUT2D eigenvalue weighted by Gasteiger charge is -2.21. The summed E-state index contributed by atoms with van der Waals surface area (Å²) in [6.45, 7) is 4.85. The lowest BCUT2D eigenvalue weighted by atomic mass is 9.97. The van der Waals surface area contributed by atoms with E-state index in [1.54, 1.807) is 18.2 Å². The van der Waals surface area contributed by atoms with Gasteiger partial charge < -0.3 is 19.9 Å². The Kier molecular flexibility index (Phi) is 5.25. The van der Waals surface area contributed by atoms with Crippen LogP contribution in [0, 0.1) is 11.8 Å². The molecule has 22 heavy (non-hydrogen) atoms. The number of rotatable bonds is 6. The number of fused-ring (bicyclic) bond motifs is 1. The molecule has 1 aliphatic rings. The molecule has 0 saturated heterocycles. The maximum Gasteiger partial charge on any atom is 0.308 e. The van der Waals surface area contributed by atoms with Crippen LogP contribution in [0.25, 0.3) is 0 Å². The van der Waals surface area contributed by atoms with Crippen LogP contribution >= 0.6 is 0 Å². The van der Waals surface area contributed by atoms with Gasteiger partial charge in [0.15, 0.2) is 11.5 Å². The van der Waals surface area contributed by atoms with Crippen molar-refractivity contribution < 1.29 is 24.2 Å². The second-order valence-corrected chi connectivity index (χ2v) is 5.70. The topological polar surface area (TPSA) is 84.9 Å². The van der Waals surface area contributed by atoms with Crippen LogP contribution in [0.2, 0.25) is 0 Å². The van der Waals surface area contributed by atoms with Gasteiger partial charge in [0.2, 0.25) is 0 Å². The largest absolute Gasteiger partial charge is 0.486 e. The molecule has 1 amide bonds. The smallest absolute Gasteiger partial charge is 0.308 e. The third kappa shape index (κ3) is 3.90. The minimum absolute atomic E-state index is 0.0941. The second kappa shape index (κ2) is 7.15. The summed E-state index contributed by atoms with van der Waals surface area (Å²) >= 11 is 0. The highest BCUT2D eigenvalue weighted by molar-refractivity contribution is 5.98. The summed E-state index contributed by atoms with van der Waals surface area (Å²) < 4.78 is 10.9. The summed E-state index contributed by atoms with van der Waals surface area (Å²) in [5, 5.41) is 11.9. The summed E-state index contributed by atoms with van der Waals surface area (Å²) in [6, 6.07) is 5.09. The van der Waals surface area contributed by atoms with Crippen molar-refractivity contribution in [1.82, 2.24) is 5.32 Å². The molecule has 0 saturated carbocycles. The minimum Gasteiger partial charge on any atom is -0.486 e. The van der Waals surface area contributed by atoms with E-state index in [1.807, 2.05) is 13.8 Å². The number of carboxylic acids is 1. The fourth-order valence-corrected chi connectivity index (χ4v) is 2.40. The van der Waals surface area contributed by atoms with Gasteiger partial charge in [-0.25, -0.2) is 0 Å². The average Bonchev–Trinajstić information content (AvgIpc) is 2.50. The summed E-state index contributed by atoms with van der Waals surface area (Å²) in [6.07, 6.45) is 0.516. The zero-order valence-corrected chi connectivity index (χ0v) is 12.8. The zero-order valence-electron chi connectivity index (χ0n) is 12.8. The van der Waals surface area contributed by atoms with Gasteiger partial charge in [0.1, 0.15) is 13.2 Å². The normalized spacial score (nSPS) is 14.5. The molecule has 1 aromatic rings. The Morgan fingerprint density at radius 3 is 2.68 bits per heavy atom.